The highest BCUT2D eigenvalue weighted by atomic mass is 16.5. The molecule has 0 N–H and O–H groups in total. The first-order valence-corrected chi connectivity index (χ1v) is 6.68. The summed E-state index contributed by atoms with van der Waals surface area (Å²) in [5, 5.41) is 0. The van der Waals surface area contributed by atoms with Crippen LogP contribution >= 0.6 is 0 Å². The number of carbonyl (C=O) groups excluding carboxylic acids is 2. The Labute approximate surface area is 125 Å². The van der Waals surface area contributed by atoms with Gasteiger partial charge >= 0.3 is 5.97 Å². The molecule has 0 unspecified atom stereocenters. The first-order valence-electron chi connectivity index (χ1n) is 6.68. The maximum absolute atomic E-state index is 12.2. The van der Waals surface area contributed by atoms with Crippen molar-refractivity contribution < 1.29 is 19.1 Å². The lowest BCUT2D eigenvalue weighted by molar-refractivity contribution is -0.146. The molecule has 0 aliphatic rings. The van der Waals surface area contributed by atoms with E-state index in [0.29, 0.717) is 5.75 Å². The van der Waals surface area contributed by atoms with Crippen LogP contribution in [-0.2, 0) is 14.3 Å². The molecule has 0 aliphatic carbocycles. The van der Waals surface area contributed by atoms with Gasteiger partial charge in [0.05, 0.1) is 14.2 Å². The molecule has 1 aromatic rings. The van der Waals surface area contributed by atoms with Crippen LogP contribution in [0.3, 0.4) is 0 Å². The number of hydrogen-bond donors (Lipinski definition) is 0. The van der Waals surface area contributed by atoms with E-state index in [-0.39, 0.29) is 18.5 Å². The van der Waals surface area contributed by atoms with Crippen molar-refractivity contribution in [2.45, 2.75) is 19.9 Å². The van der Waals surface area contributed by atoms with E-state index >= 15 is 0 Å². The molecule has 0 aromatic heterocycles. The lowest BCUT2D eigenvalue weighted by atomic mass is 10.2. The third-order valence-corrected chi connectivity index (χ3v) is 2.98. The third-order valence-electron chi connectivity index (χ3n) is 2.98. The number of nitrogens with zero attached hydrogens (tertiary/aromatic N) is 1. The molecule has 0 saturated carbocycles. The van der Waals surface area contributed by atoms with Crippen molar-refractivity contribution >= 4 is 18.0 Å². The normalized spacial score (nSPS) is 10.7. The summed E-state index contributed by atoms with van der Waals surface area (Å²) in [6, 6.07) is 7.29. The van der Waals surface area contributed by atoms with E-state index in [1.807, 2.05) is 38.1 Å². The summed E-state index contributed by atoms with van der Waals surface area (Å²) in [5.41, 5.74) is 0.801. The molecular weight excluding hydrogens is 270 g/mol. The molecule has 0 saturated heterocycles. The van der Waals surface area contributed by atoms with Gasteiger partial charge in [0.15, 0.2) is 0 Å². The zero-order chi connectivity index (χ0) is 15.8. The molecule has 0 aliphatic heterocycles. The van der Waals surface area contributed by atoms with Crippen LogP contribution in [0, 0.1) is 0 Å². The van der Waals surface area contributed by atoms with Gasteiger partial charge in [-0.1, -0.05) is 18.2 Å². The summed E-state index contributed by atoms with van der Waals surface area (Å²) >= 11 is 0. The molecule has 1 amide bonds. The minimum Gasteiger partial charge on any atom is -0.496 e. The number of ether oxygens (including phenoxy) is 2. The fourth-order valence-corrected chi connectivity index (χ4v) is 1.78. The van der Waals surface area contributed by atoms with Crippen LogP contribution in [0.1, 0.15) is 19.4 Å². The molecule has 1 rings (SSSR count). The Morgan fingerprint density at radius 2 is 1.90 bits per heavy atom. The molecule has 1 aromatic carbocycles. The summed E-state index contributed by atoms with van der Waals surface area (Å²) in [5.74, 6) is -0.00494. The molecule has 5 nitrogen and oxygen atoms in total. The number of benzene rings is 1. The van der Waals surface area contributed by atoms with E-state index < -0.39 is 5.97 Å². The van der Waals surface area contributed by atoms with Crippen molar-refractivity contribution in [3.63, 3.8) is 0 Å². The monoisotopic (exact) mass is 291 g/mol. The number of carbonyl (C=O) groups is 2. The van der Waals surface area contributed by atoms with Gasteiger partial charge in [0.1, 0.15) is 12.3 Å². The molecule has 0 heterocycles. The second-order valence-corrected chi connectivity index (χ2v) is 4.71. The van der Waals surface area contributed by atoms with Gasteiger partial charge < -0.3 is 14.4 Å². The number of para-hydroxylation sites is 1. The van der Waals surface area contributed by atoms with Crippen molar-refractivity contribution in [1.82, 2.24) is 4.90 Å². The van der Waals surface area contributed by atoms with Gasteiger partial charge in [-0.15, -0.1) is 0 Å². The standard InChI is InChI=1S/C16H21NO4/c1-12(2)17(11-16(19)21-4)15(18)10-9-13-7-5-6-8-14(13)20-3/h5-10,12H,11H2,1-4H3/b10-9+. The largest absolute Gasteiger partial charge is 0.496 e. The number of amides is 1. The SMILES string of the molecule is COC(=O)CN(C(=O)/C=C/c1ccccc1OC)C(C)C. The Bertz CT molecular complexity index is 523. The molecule has 0 fully saturated rings. The molecule has 5 heteroatoms. The number of methoxy groups -OCH3 is 2. The fraction of sp³-hybridized carbons (Fsp3) is 0.375. The average Bonchev–Trinajstić information content (AvgIpc) is 2.49. The Balaban J connectivity index is 2.85. The summed E-state index contributed by atoms with van der Waals surface area (Å²) in [6.07, 6.45) is 3.11. The van der Waals surface area contributed by atoms with Crippen LogP contribution < -0.4 is 4.74 Å². The Morgan fingerprint density at radius 3 is 2.48 bits per heavy atom. The van der Waals surface area contributed by atoms with E-state index in [1.54, 1.807) is 13.2 Å². The van der Waals surface area contributed by atoms with Crippen molar-refractivity contribution in [3.8, 4) is 5.75 Å². The molecule has 0 atom stereocenters. The lowest BCUT2D eigenvalue weighted by Crippen LogP contribution is -2.40. The van der Waals surface area contributed by atoms with Gasteiger partial charge in [0.25, 0.3) is 0 Å². The molecule has 0 bridgehead atoms. The molecular formula is C16H21NO4. The predicted molar refractivity (Wildman–Crippen MR) is 80.9 cm³/mol. The maximum atomic E-state index is 12.2. The van der Waals surface area contributed by atoms with Crippen LogP contribution in [0.25, 0.3) is 6.08 Å². The lowest BCUT2D eigenvalue weighted by Gasteiger charge is -2.24. The van der Waals surface area contributed by atoms with E-state index in [9.17, 15) is 9.59 Å². The highest BCUT2D eigenvalue weighted by Gasteiger charge is 2.18. The first kappa shape index (κ1) is 16.8. The number of rotatable bonds is 6. The second-order valence-electron chi connectivity index (χ2n) is 4.71. The summed E-state index contributed by atoms with van der Waals surface area (Å²) < 4.78 is 9.82. The minimum absolute atomic E-state index is 0.0662. The van der Waals surface area contributed by atoms with Crippen molar-refractivity contribution in [1.29, 1.82) is 0 Å². The fourth-order valence-electron chi connectivity index (χ4n) is 1.78. The maximum Gasteiger partial charge on any atom is 0.325 e. The minimum atomic E-state index is -0.442. The van der Waals surface area contributed by atoms with Crippen LogP contribution in [0.4, 0.5) is 0 Å². The van der Waals surface area contributed by atoms with Gasteiger partial charge in [0.2, 0.25) is 5.91 Å². The Morgan fingerprint density at radius 1 is 1.24 bits per heavy atom. The molecule has 21 heavy (non-hydrogen) atoms. The average molecular weight is 291 g/mol. The van der Waals surface area contributed by atoms with E-state index in [2.05, 4.69) is 4.74 Å². The smallest absolute Gasteiger partial charge is 0.325 e. The highest BCUT2D eigenvalue weighted by Crippen LogP contribution is 2.18. The molecule has 114 valence electrons. The highest BCUT2D eigenvalue weighted by molar-refractivity contribution is 5.94. The molecule has 0 spiro atoms. The Hall–Kier alpha value is -2.30. The molecule has 0 radical (unpaired) electrons. The van der Waals surface area contributed by atoms with Gasteiger partial charge in [-0.25, -0.2) is 0 Å². The predicted octanol–water partition coefficient (Wildman–Crippen LogP) is 2.12. The van der Waals surface area contributed by atoms with Crippen LogP contribution in [0.5, 0.6) is 5.75 Å². The second kappa shape index (κ2) is 8.09. The summed E-state index contributed by atoms with van der Waals surface area (Å²) in [4.78, 5) is 25.0. The van der Waals surface area contributed by atoms with E-state index in [4.69, 9.17) is 4.74 Å². The topological polar surface area (TPSA) is 55.8 Å². The van der Waals surface area contributed by atoms with E-state index in [1.165, 1.54) is 18.1 Å². The first-order chi connectivity index (χ1) is 9.99. The van der Waals surface area contributed by atoms with E-state index in [0.717, 1.165) is 5.56 Å². The zero-order valence-corrected chi connectivity index (χ0v) is 12.8. The van der Waals surface area contributed by atoms with Crippen LogP contribution in [-0.4, -0.2) is 43.6 Å². The van der Waals surface area contributed by atoms with Gasteiger partial charge in [-0.05, 0) is 26.0 Å². The third kappa shape index (κ3) is 4.95. The number of hydrogen-bond acceptors (Lipinski definition) is 4. The van der Waals surface area contributed by atoms with Crippen molar-refractivity contribution in [3.05, 3.63) is 35.9 Å². The Kier molecular flexibility index (Phi) is 6.46. The van der Waals surface area contributed by atoms with Crippen molar-refractivity contribution in [2.24, 2.45) is 0 Å². The van der Waals surface area contributed by atoms with Crippen LogP contribution in [0.15, 0.2) is 30.3 Å². The van der Waals surface area contributed by atoms with Gasteiger partial charge in [-0.3, -0.25) is 9.59 Å². The quantitative estimate of drug-likeness (QED) is 0.595. The van der Waals surface area contributed by atoms with Crippen LogP contribution in [0.2, 0.25) is 0 Å². The summed E-state index contributed by atoms with van der Waals surface area (Å²) in [6.45, 7) is 3.62. The van der Waals surface area contributed by atoms with Gasteiger partial charge in [-0.2, -0.15) is 0 Å². The summed E-state index contributed by atoms with van der Waals surface area (Å²) in [7, 11) is 2.88. The van der Waals surface area contributed by atoms with Gasteiger partial charge in [0, 0.05) is 17.7 Å². The number of esters is 1. The zero-order valence-electron chi connectivity index (χ0n) is 12.8. The van der Waals surface area contributed by atoms with Crippen molar-refractivity contribution in [2.75, 3.05) is 20.8 Å².